The lowest BCUT2D eigenvalue weighted by atomic mass is 10.00. The van der Waals surface area contributed by atoms with E-state index in [0.717, 1.165) is 23.2 Å². The fourth-order valence-electron chi connectivity index (χ4n) is 1.60. The largest absolute Gasteiger partial charge is 0.397 e. The maximum Gasteiger partial charge on any atom is 0.163 e. The molecule has 0 unspecified atom stereocenters. The van der Waals surface area contributed by atoms with Crippen LogP contribution in [0.15, 0.2) is 12.1 Å². The molecule has 0 spiro atoms. The smallest absolute Gasteiger partial charge is 0.163 e. The van der Waals surface area contributed by atoms with E-state index in [9.17, 15) is 4.79 Å². The number of benzene rings is 1. The first kappa shape index (κ1) is 14.5. The molecule has 0 saturated carbocycles. The number of rotatable bonds is 4. The molecule has 3 heteroatoms. The van der Waals surface area contributed by atoms with Crippen LogP contribution in [0.2, 0.25) is 0 Å². The average Bonchev–Trinajstić information content (AvgIpc) is 2.21. The Morgan fingerprint density at radius 2 is 2.06 bits per heavy atom. The summed E-state index contributed by atoms with van der Waals surface area (Å²) in [5, 5.41) is 3.00. The fraction of sp³-hybridized carbons (Fsp3) is 0.462. The summed E-state index contributed by atoms with van der Waals surface area (Å²) >= 11 is 0. The number of nitrogens with one attached hydrogen (secondary N) is 1. The van der Waals surface area contributed by atoms with Crippen LogP contribution in [0, 0.1) is 6.92 Å². The summed E-state index contributed by atoms with van der Waals surface area (Å²) in [7, 11) is 1.82. The van der Waals surface area contributed by atoms with Crippen LogP contribution < -0.4 is 11.1 Å². The van der Waals surface area contributed by atoms with E-state index in [-0.39, 0.29) is 13.2 Å². The molecule has 0 amide bonds. The summed E-state index contributed by atoms with van der Waals surface area (Å²) in [6, 6.07) is 3.68. The lowest BCUT2D eigenvalue weighted by Gasteiger charge is -2.10. The second-order valence-corrected chi connectivity index (χ2v) is 3.68. The summed E-state index contributed by atoms with van der Waals surface area (Å²) < 4.78 is 0. The Bertz CT molecular complexity index is 372. The first-order chi connectivity index (χ1) is 7.10. The van der Waals surface area contributed by atoms with Crippen molar-refractivity contribution < 1.29 is 4.79 Å². The SMILES string of the molecule is C.CCCC(=O)c1cc(N)c(NC)cc1C. The van der Waals surface area contributed by atoms with E-state index in [1.54, 1.807) is 6.07 Å². The molecule has 0 aromatic heterocycles. The van der Waals surface area contributed by atoms with Gasteiger partial charge >= 0.3 is 0 Å². The molecule has 90 valence electrons. The van der Waals surface area contributed by atoms with E-state index in [1.807, 2.05) is 27.0 Å². The van der Waals surface area contributed by atoms with E-state index in [2.05, 4.69) is 5.32 Å². The first-order valence-electron chi connectivity index (χ1n) is 5.21. The number of carbonyl (C=O) groups excluding carboxylic acids is 1. The zero-order valence-electron chi connectivity index (χ0n) is 9.55. The second kappa shape index (κ2) is 6.16. The van der Waals surface area contributed by atoms with E-state index in [4.69, 9.17) is 5.73 Å². The van der Waals surface area contributed by atoms with Gasteiger partial charge in [0.25, 0.3) is 0 Å². The molecule has 0 aliphatic heterocycles. The number of Topliss-reactive ketones (excluding diaryl/α,β-unsaturated/α-hetero) is 1. The summed E-state index contributed by atoms with van der Waals surface area (Å²) in [6.45, 7) is 3.93. The van der Waals surface area contributed by atoms with Crippen LogP contribution in [0.5, 0.6) is 0 Å². The predicted molar refractivity (Wildman–Crippen MR) is 71.1 cm³/mol. The highest BCUT2D eigenvalue weighted by molar-refractivity contribution is 5.99. The van der Waals surface area contributed by atoms with Crippen molar-refractivity contribution in [3.8, 4) is 0 Å². The van der Waals surface area contributed by atoms with Crippen LogP contribution in [0.1, 0.15) is 43.1 Å². The van der Waals surface area contributed by atoms with Crippen molar-refractivity contribution in [1.29, 1.82) is 0 Å². The van der Waals surface area contributed by atoms with Crippen molar-refractivity contribution in [2.75, 3.05) is 18.1 Å². The standard InChI is InChI=1S/C12H18N2O.CH4/c1-4-5-12(15)9-7-10(13)11(14-3)6-8(9)2;/h6-7,14H,4-5,13H2,1-3H3;1H4. The quantitative estimate of drug-likeness (QED) is 0.607. The Morgan fingerprint density at radius 3 is 2.56 bits per heavy atom. The number of hydrogen-bond acceptors (Lipinski definition) is 3. The lowest BCUT2D eigenvalue weighted by Crippen LogP contribution is -2.05. The maximum atomic E-state index is 11.7. The van der Waals surface area contributed by atoms with Gasteiger partial charge in [-0.25, -0.2) is 0 Å². The second-order valence-electron chi connectivity index (χ2n) is 3.68. The van der Waals surface area contributed by atoms with Crippen LogP contribution in [0.3, 0.4) is 0 Å². The van der Waals surface area contributed by atoms with Gasteiger partial charge in [0.1, 0.15) is 0 Å². The van der Waals surface area contributed by atoms with E-state index in [0.29, 0.717) is 12.1 Å². The van der Waals surface area contributed by atoms with Gasteiger partial charge < -0.3 is 11.1 Å². The van der Waals surface area contributed by atoms with Crippen LogP contribution in [0.25, 0.3) is 0 Å². The molecular weight excluding hydrogens is 200 g/mol. The Kier molecular flexibility index (Phi) is 5.57. The summed E-state index contributed by atoms with van der Waals surface area (Å²) in [4.78, 5) is 11.7. The number of ketones is 1. The minimum atomic E-state index is 0. The highest BCUT2D eigenvalue weighted by Gasteiger charge is 2.10. The van der Waals surface area contributed by atoms with E-state index in [1.165, 1.54) is 0 Å². The predicted octanol–water partition coefficient (Wildman–Crippen LogP) is 3.24. The summed E-state index contributed by atoms with van der Waals surface area (Å²) in [6.07, 6.45) is 1.45. The molecule has 0 aliphatic rings. The minimum absolute atomic E-state index is 0. The highest BCUT2D eigenvalue weighted by Crippen LogP contribution is 2.24. The van der Waals surface area contributed by atoms with Crippen molar-refractivity contribution in [2.45, 2.75) is 34.1 Å². The maximum absolute atomic E-state index is 11.7. The van der Waals surface area contributed by atoms with Gasteiger partial charge in [0, 0.05) is 19.0 Å². The van der Waals surface area contributed by atoms with E-state index >= 15 is 0 Å². The molecule has 3 N–H and O–H groups in total. The van der Waals surface area contributed by atoms with Crippen molar-refractivity contribution in [3.63, 3.8) is 0 Å². The van der Waals surface area contributed by atoms with Gasteiger partial charge in [0.2, 0.25) is 0 Å². The zero-order chi connectivity index (χ0) is 11.4. The van der Waals surface area contributed by atoms with Crippen molar-refractivity contribution in [3.05, 3.63) is 23.3 Å². The molecule has 16 heavy (non-hydrogen) atoms. The van der Waals surface area contributed by atoms with Gasteiger partial charge in [-0.15, -0.1) is 0 Å². The van der Waals surface area contributed by atoms with E-state index < -0.39 is 0 Å². The molecule has 0 bridgehead atoms. The molecule has 0 heterocycles. The molecule has 3 nitrogen and oxygen atoms in total. The molecule has 1 aromatic carbocycles. The molecular formula is C13H22N2O. The number of carbonyl (C=O) groups is 1. The van der Waals surface area contributed by atoms with Gasteiger partial charge in [-0.1, -0.05) is 14.4 Å². The minimum Gasteiger partial charge on any atom is -0.397 e. The summed E-state index contributed by atoms with van der Waals surface area (Å²) in [5.41, 5.74) is 9.05. The zero-order valence-corrected chi connectivity index (χ0v) is 9.55. The third-order valence-corrected chi connectivity index (χ3v) is 2.44. The Balaban J connectivity index is 0.00000225. The fourth-order valence-corrected chi connectivity index (χ4v) is 1.60. The third-order valence-electron chi connectivity index (χ3n) is 2.44. The van der Waals surface area contributed by atoms with Gasteiger partial charge in [0.15, 0.2) is 5.78 Å². The average molecular weight is 222 g/mol. The highest BCUT2D eigenvalue weighted by atomic mass is 16.1. The molecule has 1 aromatic rings. The van der Waals surface area contributed by atoms with Crippen LogP contribution in [-0.4, -0.2) is 12.8 Å². The summed E-state index contributed by atoms with van der Waals surface area (Å²) in [5.74, 6) is 0.171. The van der Waals surface area contributed by atoms with Crippen molar-refractivity contribution >= 4 is 17.2 Å². The van der Waals surface area contributed by atoms with Gasteiger partial charge in [-0.2, -0.15) is 0 Å². The lowest BCUT2D eigenvalue weighted by molar-refractivity contribution is 0.0981. The molecule has 1 rings (SSSR count). The Labute approximate surface area is 98.0 Å². The van der Waals surface area contributed by atoms with Gasteiger partial charge in [0.05, 0.1) is 11.4 Å². The van der Waals surface area contributed by atoms with Crippen LogP contribution in [0.4, 0.5) is 11.4 Å². The van der Waals surface area contributed by atoms with Gasteiger partial charge in [-0.05, 0) is 31.0 Å². The number of nitrogens with two attached hydrogens (primary N) is 1. The number of hydrogen-bond donors (Lipinski definition) is 2. The number of anilines is 2. The van der Waals surface area contributed by atoms with Crippen molar-refractivity contribution in [2.24, 2.45) is 0 Å². The normalized spacial score (nSPS) is 9.44. The van der Waals surface area contributed by atoms with Gasteiger partial charge in [-0.3, -0.25) is 4.79 Å². The molecule has 0 atom stereocenters. The topological polar surface area (TPSA) is 55.1 Å². The van der Waals surface area contributed by atoms with Crippen molar-refractivity contribution in [1.82, 2.24) is 0 Å². The Hall–Kier alpha value is -1.51. The Morgan fingerprint density at radius 1 is 1.44 bits per heavy atom. The third kappa shape index (κ3) is 2.99. The molecule has 0 aliphatic carbocycles. The monoisotopic (exact) mass is 222 g/mol. The van der Waals surface area contributed by atoms with Crippen LogP contribution in [-0.2, 0) is 0 Å². The molecule has 0 fully saturated rings. The first-order valence-corrected chi connectivity index (χ1v) is 5.21. The molecule has 0 saturated heterocycles. The van der Waals surface area contributed by atoms with Crippen LogP contribution >= 0.6 is 0 Å². The number of aryl methyl sites for hydroxylation is 1. The number of nitrogen functional groups attached to an aromatic ring is 1. The molecule has 0 radical (unpaired) electrons.